The molecule has 0 radical (unpaired) electrons. The van der Waals surface area contributed by atoms with Crippen LogP contribution < -0.4 is 4.90 Å². The molecule has 1 atom stereocenters. The Balaban J connectivity index is 2.41. The van der Waals surface area contributed by atoms with Crippen LogP contribution >= 0.6 is 0 Å². The zero-order valence-electron chi connectivity index (χ0n) is 31.4. The predicted octanol–water partition coefficient (Wildman–Crippen LogP) is 11.5. The standard InChI is InChI=1S/C42H75NO5/c1-3-5-7-9-11-13-15-17-19-21-23-25-27-29-35-43(39-33-31-38(32-34-39)42(47)48-37-40(45)36-44)41(46)30-28-26-24-22-20-18-16-14-12-10-8-6-4-2/h31-34,40,44-45H,3-30,35-37H2,1-2H3. The van der Waals surface area contributed by atoms with Gasteiger partial charge in [-0.3, -0.25) is 4.79 Å². The average molecular weight is 674 g/mol. The van der Waals surface area contributed by atoms with E-state index < -0.39 is 18.7 Å². The molecule has 0 saturated heterocycles. The van der Waals surface area contributed by atoms with Gasteiger partial charge in [-0.2, -0.15) is 0 Å². The third-order valence-electron chi connectivity index (χ3n) is 9.56. The molecule has 278 valence electrons. The fourth-order valence-corrected chi connectivity index (χ4v) is 6.38. The van der Waals surface area contributed by atoms with Crippen LogP contribution in [0.25, 0.3) is 0 Å². The van der Waals surface area contributed by atoms with Crippen molar-refractivity contribution >= 4 is 17.6 Å². The summed E-state index contributed by atoms with van der Waals surface area (Å²) in [5.41, 5.74) is 1.18. The largest absolute Gasteiger partial charge is 0.459 e. The molecule has 6 heteroatoms. The van der Waals surface area contributed by atoms with Gasteiger partial charge >= 0.3 is 5.97 Å². The monoisotopic (exact) mass is 674 g/mol. The minimum Gasteiger partial charge on any atom is -0.459 e. The quantitative estimate of drug-likeness (QED) is 0.0561. The van der Waals surface area contributed by atoms with Crippen LogP contribution in [0.3, 0.4) is 0 Å². The Kier molecular flexibility index (Phi) is 29.7. The average Bonchev–Trinajstić information content (AvgIpc) is 3.10. The maximum absolute atomic E-state index is 13.4. The van der Waals surface area contributed by atoms with Gasteiger partial charge in [-0.15, -0.1) is 0 Å². The number of aliphatic hydroxyl groups excluding tert-OH is 2. The van der Waals surface area contributed by atoms with Gasteiger partial charge in [0, 0.05) is 18.7 Å². The predicted molar refractivity (Wildman–Crippen MR) is 203 cm³/mol. The van der Waals surface area contributed by atoms with Crippen LogP contribution in [0.2, 0.25) is 0 Å². The van der Waals surface area contributed by atoms with Crippen molar-refractivity contribution in [1.82, 2.24) is 0 Å². The van der Waals surface area contributed by atoms with Crippen LogP contribution in [0.1, 0.15) is 204 Å². The van der Waals surface area contributed by atoms with Crippen molar-refractivity contribution in [3.05, 3.63) is 29.8 Å². The van der Waals surface area contributed by atoms with Gasteiger partial charge in [0.15, 0.2) is 0 Å². The first kappa shape index (κ1) is 44.1. The minimum atomic E-state index is -1.09. The van der Waals surface area contributed by atoms with Crippen LogP contribution in [0.5, 0.6) is 0 Å². The molecule has 0 saturated carbocycles. The molecule has 0 aliphatic heterocycles. The van der Waals surface area contributed by atoms with E-state index in [-0.39, 0.29) is 12.5 Å². The molecular formula is C42H75NO5. The van der Waals surface area contributed by atoms with Crippen LogP contribution in [0.4, 0.5) is 5.69 Å². The molecule has 48 heavy (non-hydrogen) atoms. The molecule has 0 spiro atoms. The Morgan fingerprint density at radius 2 is 0.958 bits per heavy atom. The van der Waals surface area contributed by atoms with Gasteiger partial charge in [0.2, 0.25) is 5.91 Å². The number of amides is 1. The number of anilines is 1. The summed E-state index contributed by atoms with van der Waals surface area (Å²) in [5.74, 6) is -0.389. The fourth-order valence-electron chi connectivity index (χ4n) is 6.38. The summed E-state index contributed by atoms with van der Waals surface area (Å²) in [6.07, 6.45) is 34.5. The van der Waals surface area contributed by atoms with Crippen LogP contribution in [0.15, 0.2) is 24.3 Å². The second kappa shape index (κ2) is 32.3. The number of hydrogen-bond donors (Lipinski definition) is 2. The summed E-state index contributed by atoms with van der Waals surface area (Å²) >= 11 is 0. The Hall–Kier alpha value is -1.92. The van der Waals surface area contributed by atoms with Crippen molar-refractivity contribution in [2.75, 3.05) is 24.7 Å². The van der Waals surface area contributed by atoms with Crippen molar-refractivity contribution in [3.63, 3.8) is 0 Å². The lowest BCUT2D eigenvalue weighted by atomic mass is 10.0. The summed E-state index contributed by atoms with van der Waals surface area (Å²) in [4.78, 5) is 27.7. The number of benzene rings is 1. The van der Waals surface area contributed by atoms with Gasteiger partial charge in [-0.1, -0.05) is 174 Å². The van der Waals surface area contributed by atoms with E-state index in [2.05, 4.69) is 13.8 Å². The van der Waals surface area contributed by atoms with Crippen molar-refractivity contribution < 1.29 is 24.5 Å². The number of aliphatic hydroxyl groups is 2. The number of ether oxygens (including phenoxy) is 1. The molecule has 1 unspecified atom stereocenters. The Labute approximate surface area is 295 Å². The van der Waals surface area contributed by atoms with Crippen molar-refractivity contribution in [1.29, 1.82) is 0 Å². The van der Waals surface area contributed by atoms with Crippen molar-refractivity contribution in [2.24, 2.45) is 0 Å². The third-order valence-corrected chi connectivity index (χ3v) is 9.56. The van der Waals surface area contributed by atoms with Gasteiger partial charge in [0.1, 0.15) is 12.7 Å². The highest BCUT2D eigenvalue weighted by Gasteiger charge is 2.17. The highest BCUT2D eigenvalue weighted by Crippen LogP contribution is 2.21. The molecule has 1 rings (SSSR count). The van der Waals surface area contributed by atoms with E-state index in [9.17, 15) is 14.7 Å². The van der Waals surface area contributed by atoms with E-state index in [0.29, 0.717) is 18.5 Å². The number of esters is 1. The first-order valence-corrected chi connectivity index (χ1v) is 20.4. The second-order valence-electron chi connectivity index (χ2n) is 14.1. The lowest BCUT2D eigenvalue weighted by molar-refractivity contribution is -0.118. The van der Waals surface area contributed by atoms with Gasteiger partial charge in [-0.05, 0) is 37.1 Å². The number of carbonyl (C=O) groups excluding carboxylic acids is 2. The van der Waals surface area contributed by atoms with E-state index in [1.165, 1.54) is 148 Å². The number of unbranched alkanes of at least 4 members (excludes halogenated alkanes) is 25. The Morgan fingerprint density at radius 3 is 1.35 bits per heavy atom. The maximum atomic E-state index is 13.4. The molecule has 1 aromatic rings. The van der Waals surface area contributed by atoms with Crippen molar-refractivity contribution in [3.8, 4) is 0 Å². The summed E-state index contributed by atoms with van der Waals surface area (Å²) in [5, 5.41) is 18.4. The molecule has 0 bridgehead atoms. The smallest absolute Gasteiger partial charge is 0.338 e. The molecule has 2 N–H and O–H groups in total. The van der Waals surface area contributed by atoms with E-state index in [4.69, 9.17) is 9.84 Å². The topological polar surface area (TPSA) is 87.1 Å². The second-order valence-corrected chi connectivity index (χ2v) is 14.1. The highest BCUT2D eigenvalue weighted by atomic mass is 16.5. The zero-order chi connectivity index (χ0) is 34.9. The summed E-state index contributed by atoms with van der Waals surface area (Å²) in [6.45, 7) is 4.53. The first-order valence-electron chi connectivity index (χ1n) is 20.4. The van der Waals surface area contributed by atoms with Crippen LogP contribution in [-0.2, 0) is 9.53 Å². The maximum Gasteiger partial charge on any atom is 0.338 e. The minimum absolute atomic E-state index is 0.161. The fraction of sp³-hybridized carbons (Fsp3) is 0.810. The molecule has 0 heterocycles. The lowest BCUT2D eigenvalue weighted by Gasteiger charge is -2.23. The molecule has 0 aliphatic carbocycles. The number of rotatable bonds is 34. The zero-order valence-corrected chi connectivity index (χ0v) is 31.4. The molecule has 6 nitrogen and oxygen atoms in total. The van der Waals surface area contributed by atoms with Crippen molar-refractivity contribution in [2.45, 2.75) is 200 Å². The van der Waals surface area contributed by atoms with E-state index in [1.807, 2.05) is 17.0 Å². The number of carbonyl (C=O) groups is 2. The lowest BCUT2D eigenvalue weighted by Crippen LogP contribution is -2.31. The van der Waals surface area contributed by atoms with Crippen LogP contribution in [-0.4, -0.2) is 48.0 Å². The van der Waals surface area contributed by atoms with Gasteiger partial charge in [0.05, 0.1) is 12.2 Å². The Bertz CT molecular complexity index is 873. The molecule has 1 aromatic carbocycles. The van der Waals surface area contributed by atoms with Gasteiger partial charge in [0.25, 0.3) is 0 Å². The summed E-state index contributed by atoms with van der Waals surface area (Å²) < 4.78 is 5.09. The third kappa shape index (κ3) is 24.3. The van der Waals surface area contributed by atoms with E-state index in [1.54, 1.807) is 12.1 Å². The Morgan fingerprint density at radius 1 is 0.583 bits per heavy atom. The summed E-state index contributed by atoms with van der Waals surface area (Å²) in [6, 6.07) is 7.01. The van der Waals surface area contributed by atoms with Gasteiger partial charge in [-0.25, -0.2) is 4.79 Å². The SMILES string of the molecule is CCCCCCCCCCCCCCCCN(C(=O)CCCCCCCCCCCCCCC)c1ccc(C(=O)OCC(O)CO)cc1. The van der Waals surface area contributed by atoms with E-state index >= 15 is 0 Å². The molecule has 0 fully saturated rings. The summed E-state index contributed by atoms with van der Waals surface area (Å²) in [7, 11) is 0. The first-order chi connectivity index (χ1) is 23.5. The number of nitrogens with zero attached hydrogens (tertiary/aromatic N) is 1. The molecular weight excluding hydrogens is 598 g/mol. The van der Waals surface area contributed by atoms with E-state index in [0.717, 1.165) is 31.4 Å². The highest BCUT2D eigenvalue weighted by molar-refractivity contribution is 5.94. The normalized spacial score (nSPS) is 11.9. The van der Waals surface area contributed by atoms with Gasteiger partial charge < -0.3 is 19.8 Å². The molecule has 1 amide bonds. The number of hydrogen-bond acceptors (Lipinski definition) is 5. The van der Waals surface area contributed by atoms with Crippen LogP contribution in [0, 0.1) is 0 Å². The molecule has 0 aliphatic rings. The molecule has 0 aromatic heterocycles.